The Morgan fingerprint density at radius 2 is 2.14 bits per heavy atom. The van der Waals surface area contributed by atoms with Gasteiger partial charge in [0.2, 0.25) is 5.91 Å². The number of amides is 1. The van der Waals surface area contributed by atoms with E-state index >= 15 is 0 Å². The molecule has 3 aliphatic rings. The molecule has 1 saturated heterocycles. The molecule has 0 bridgehead atoms. The molecule has 1 aromatic carbocycles. The van der Waals surface area contributed by atoms with Gasteiger partial charge in [0.1, 0.15) is 22.7 Å². The second-order valence-electron chi connectivity index (χ2n) is 9.47. The molecule has 35 heavy (non-hydrogen) atoms. The molecule has 6 rings (SSSR count). The zero-order valence-corrected chi connectivity index (χ0v) is 20.9. The lowest BCUT2D eigenvalue weighted by Crippen LogP contribution is -2.50. The molecule has 182 valence electrons. The monoisotopic (exact) mass is 491 g/mol. The fraction of sp³-hybridized carbons (Fsp3) is 0.462. The van der Waals surface area contributed by atoms with Crippen molar-refractivity contribution in [2.75, 3.05) is 38.7 Å². The molecular weight excluding hydrogens is 462 g/mol. The number of carbonyl (C=O) groups excluding carboxylic acids is 1. The van der Waals surface area contributed by atoms with Crippen LogP contribution in [0.5, 0.6) is 5.75 Å². The highest BCUT2D eigenvalue weighted by molar-refractivity contribution is 7.19. The van der Waals surface area contributed by atoms with E-state index in [2.05, 4.69) is 33.3 Å². The van der Waals surface area contributed by atoms with E-state index in [1.165, 1.54) is 10.4 Å². The maximum atomic E-state index is 13.6. The molecule has 9 heteroatoms. The molecule has 0 saturated carbocycles. The van der Waals surface area contributed by atoms with Gasteiger partial charge in [-0.3, -0.25) is 9.79 Å². The number of aromatic nitrogens is 2. The summed E-state index contributed by atoms with van der Waals surface area (Å²) in [5.41, 5.74) is 4.04. The average molecular weight is 492 g/mol. The first-order valence-electron chi connectivity index (χ1n) is 12.2. The van der Waals surface area contributed by atoms with Crippen LogP contribution in [-0.4, -0.2) is 60.4 Å². The number of thiophene rings is 1. The lowest BCUT2D eigenvalue weighted by atomic mass is 9.71. The molecule has 1 fully saturated rings. The van der Waals surface area contributed by atoms with Crippen LogP contribution in [0.4, 0.5) is 11.5 Å². The lowest BCUT2D eigenvalue weighted by Gasteiger charge is -2.40. The minimum absolute atomic E-state index is 0.278. The lowest BCUT2D eigenvalue weighted by molar-refractivity contribution is -0.147. The van der Waals surface area contributed by atoms with Crippen LogP contribution in [0, 0.1) is 5.41 Å². The average Bonchev–Trinajstić information content (AvgIpc) is 3.51. The summed E-state index contributed by atoms with van der Waals surface area (Å²) < 4.78 is 11.1. The van der Waals surface area contributed by atoms with Crippen LogP contribution in [-0.2, 0) is 28.9 Å². The number of hydrogen-bond acceptors (Lipinski definition) is 8. The van der Waals surface area contributed by atoms with Crippen LogP contribution < -0.4 is 10.1 Å². The first-order chi connectivity index (χ1) is 17.1. The zero-order valence-electron chi connectivity index (χ0n) is 20.1. The van der Waals surface area contributed by atoms with Crippen molar-refractivity contribution >= 4 is 45.2 Å². The van der Waals surface area contributed by atoms with Crippen LogP contribution in [0.15, 0.2) is 23.5 Å². The van der Waals surface area contributed by atoms with Crippen molar-refractivity contribution in [3.8, 4) is 5.75 Å². The summed E-state index contributed by atoms with van der Waals surface area (Å²) in [5, 5.41) is 4.58. The second-order valence-corrected chi connectivity index (χ2v) is 10.6. The van der Waals surface area contributed by atoms with Crippen molar-refractivity contribution in [1.82, 2.24) is 14.9 Å². The number of ether oxygens (including phenoxy) is 2. The number of rotatable bonds is 5. The number of nitrogens with one attached hydrogen (secondary N) is 1. The van der Waals surface area contributed by atoms with Gasteiger partial charge in [-0.15, -0.1) is 11.3 Å². The van der Waals surface area contributed by atoms with Crippen LogP contribution in [0.1, 0.15) is 41.3 Å². The summed E-state index contributed by atoms with van der Waals surface area (Å²) in [5.74, 6) is 1.83. The van der Waals surface area contributed by atoms with Gasteiger partial charge in [-0.05, 0) is 54.5 Å². The molecule has 1 atom stereocenters. The minimum Gasteiger partial charge on any atom is -0.495 e. The number of hydrogen-bond donors (Lipinski definition) is 1. The van der Waals surface area contributed by atoms with E-state index in [0.717, 1.165) is 64.3 Å². The van der Waals surface area contributed by atoms with Crippen LogP contribution >= 0.6 is 11.3 Å². The number of nitrogens with zero attached hydrogens (tertiary/aromatic N) is 4. The Morgan fingerprint density at radius 1 is 1.29 bits per heavy atom. The van der Waals surface area contributed by atoms with Gasteiger partial charge in [-0.25, -0.2) is 9.97 Å². The van der Waals surface area contributed by atoms with Crippen molar-refractivity contribution in [2.24, 2.45) is 10.4 Å². The molecule has 2 aromatic heterocycles. The maximum absolute atomic E-state index is 13.6. The van der Waals surface area contributed by atoms with Gasteiger partial charge >= 0.3 is 0 Å². The van der Waals surface area contributed by atoms with Gasteiger partial charge in [-0.2, -0.15) is 0 Å². The fourth-order valence-corrected chi connectivity index (χ4v) is 6.90. The third-order valence-electron chi connectivity index (χ3n) is 7.66. The highest BCUT2D eigenvalue weighted by Crippen LogP contribution is 2.47. The van der Waals surface area contributed by atoms with E-state index < -0.39 is 0 Å². The Hall–Kier alpha value is -3.04. The summed E-state index contributed by atoms with van der Waals surface area (Å²) in [7, 11) is 1.68. The van der Waals surface area contributed by atoms with Crippen LogP contribution in [0.25, 0.3) is 10.2 Å². The van der Waals surface area contributed by atoms with Crippen molar-refractivity contribution in [3.63, 3.8) is 0 Å². The molecule has 3 aromatic rings. The molecule has 0 unspecified atom stereocenters. The highest BCUT2D eigenvalue weighted by atomic mass is 32.1. The molecule has 2 aliphatic heterocycles. The molecule has 8 nitrogen and oxygen atoms in total. The van der Waals surface area contributed by atoms with Gasteiger partial charge in [0.05, 0.1) is 43.4 Å². The molecular formula is C26H29N5O3S. The molecule has 1 amide bonds. The summed E-state index contributed by atoms with van der Waals surface area (Å²) in [6.45, 7) is 5.46. The Balaban J connectivity index is 1.35. The summed E-state index contributed by atoms with van der Waals surface area (Å²) in [4.78, 5) is 31.4. The van der Waals surface area contributed by atoms with Gasteiger partial charge in [0, 0.05) is 24.2 Å². The van der Waals surface area contributed by atoms with Crippen molar-refractivity contribution in [1.29, 1.82) is 0 Å². The minimum atomic E-state index is -0.352. The topological polar surface area (TPSA) is 88.9 Å². The number of aryl methyl sites for hydroxylation is 1. The quantitative estimate of drug-likeness (QED) is 0.578. The van der Waals surface area contributed by atoms with E-state index in [0.29, 0.717) is 32.8 Å². The van der Waals surface area contributed by atoms with Gasteiger partial charge < -0.3 is 19.7 Å². The van der Waals surface area contributed by atoms with Crippen molar-refractivity contribution in [2.45, 2.75) is 39.2 Å². The van der Waals surface area contributed by atoms with Crippen LogP contribution in [0.2, 0.25) is 0 Å². The van der Waals surface area contributed by atoms with E-state index in [4.69, 9.17) is 9.47 Å². The SMILES string of the molecule is CC[C@]1(C(=O)N2CCOCC2)CCc2c(sc3ncnc(Nc4cc5c(cc4OC)CN=C5)c23)C1. The molecule has 0 radical (unpaired) electrons. The number of benzene rings is 1. The number of morpholine rings is 1. The molecule has 1 aliphatic carbocycles. The smallest absolute Gasteiger partial charge is 0.229 e. The molecule has 0 spiro atoms. The normalized spacial score (nSPS) is 21.1. The summed E-state index contributed by atoms with van der Waals surface area (Å²) in [6.07, 6.45) is 6.79. The summed E-state index contributed by atoms with van der Waals surface area (Å²) >= 11 is 1.70. The first-order valence-corrected chi connectivity index (χ1v) is 13.0. The predicted molar refractivity (Wildman–Crippen MR) is 137 cm³/mol. The fourth-order valence-electron chi connectivity index (χ4n) is 5.57. The first kappa shape index (κ1) is 22.4. The third-order valence-corrected chi connectivity index (χ3v) is 8.80. The molecule has 4 heterocycles. The van der Waals surface area contributed by atoms with Crippen molar-refractivity contribution in [3.05, 3.63) is 40.0 Å². The van der Waals surface area contributed by atoms with Gasteiger partial charge in [0.25, 0.3) is 0 Å². The van der Waals surface area contributed by atoms with Crippen molar-refractivity contribution < 1.29 is 14.3 Å². The number of aliphatic imine (C=N–C) groups is 1. The Labute approximate surface area is 208 Å². The van der Waals surface area contributed by atoms with E-state index in [-0.39, 0.29) is 11.3 Å². The van der Waals surface area contributed by atoms with Gasteiger partial charge in [-0.1, -0.05) is 6.92 Å². The number of carbonyl (C=O) groups is 1. The Kier molecular flexibility index (Phi) is 5.69. The number of fused-ring (bicyclic) bond motifs is 4. The standard InChI is InChI=1S/C26H29N5O3S/c1-3-26(25(32)31-6-8-34-9-7-31)5-4-18-21(12-26)35-24-22(18)23(28-15-29-24)30-19-10-16-13-27-14-17(16)11-20(19)33-2/h10-11,13,15H,3-9,12,14H2,1-2H3,(H,28,29,30)/t26-/m0/s1. The second kappa shape index (κ2) is 8.87. The zero-order chi connectivity index (χ0) is 24.0. The van der Waals surface area contributed by atoms with E-state index in [9.17, 15) is 4.79 Å². The highest BCUT2D eigenvalue weighted by Gasteiger charge is 2.44. The largest absolute Gasteiger partial charge is 0.495 e. The predicted octanol–water partition coefficient (Wildman–Crippen LogP) is 4.12. The molecule has 1 N–H and O–H groups in total. The van der Waals surface area contributed by atoms with E-state index in [1.54, 1.807) is 24.8 Å². The third kappa shape index (κ3) is 3.77. The Morgan fingerprint density at radius 3 is 2.94 bits per heavy atom. The number of anilines is 2. The Bertz CT molecular complexity index is 1330. The van der Waals surface area contributed by atoms with Gasteiger partial charge in [0.15, 0.2) is 0 Å². The van der Waals surface area contributed by atoms with Crippen LogP contribution in [0.3, 0.4) is 0 Å². The number of methoxy groups -OCH3 is 1. The summed E-state index contributed by atoms with van der Waals surface area (Å²) in [6, 6.07) is 4.11. The maximum Gasteiger partial charge on any atom is 0.229 e. The van der Waals surface area contributed by atoms with E-state index in [1.807, 2.05) is 17.2 Å².